The molecule has 0 fully saturated rings. The minimum atomic E-state index is -0.988. The normalized spacial score (nSPS) is 9.31. The number of rotatable bonds is 1. The summed E-state index contributed by atoms with van der Waals surface area (Å²) >= 11 is 0. The highest BCUT2D eigenvalue weighted by molar-refractivity contribution is 5.90. The van der Waals surface area contributed by atoms with Crippen molar-refractivity contribution in [3.8, 4) is 6.07 Å². The summed E-state index contributed by atoms with van der Waals surface area (Å²) < 4.78 is 0. The van der Waals surface area contributed by atoms with Gasteiger partial charge in [-0.15, -0.1) is 0 Å². The molecule has 1 aromatic rings. The van der Waals surface area contributed by atoms with E-state index < -0.39 is 5.97 Å². The van der Waals surface area contributed by atoms with E-state index in [9.17, 15) is 4.79 Å². The van der Waals surface area contributed by atoms with E-state index in [1.165, 1.54) is 6.07 Å². The molecule has 3 heteroatoms. The van der Waals surface area contributed by atoms with Crippen LogP contribution in [0.25, 0.3) is 0 Å². The largest absolute Gasteiger partial charge is 0.478 e. The molecule has 0 unspecified atom stereocenters. The Morgan fingerprint density at radius 2 is 2.08 bits per heavy atom. The Morgan fingerprint density at radius 1 is 1.46 bits per heavy atom. The number of carboxylic acid groups (broad SMARTS) is 1. The van der Waals surface area contributed by atoms with E-state index in [1.807, 2.05) is 6.07 Å². The molecule has 1 aromatic carbocycles. The predicted octanol–water partition coefficient (Wildman–Crippen LogP) is 1.87. The molecule has 1 N–H and O–H groups in total. The number of benzene rings is 1. The maximum Gasteiger partial charge on any atom is 0.336 e. The minimum absolute atomic E-state index is 0.205. The first-order valence-corrected chi connectivity index (χ1v) is 3.81. The Hall–Kier alpha value is -1.82. The van der Waals surface area contributed by atoms with E-state index in [-0.39, 0.29) is 5.56 Å². The quantitative estimate of drug-likeness (QED) is 0.708. The fraction of sp³-hybridized carbons (Fsp3) is 0.200. The number of carboxylic acids is 1. The van der Waals surface area contributed by atoms with Gasteiger partial charge in [-0.05, 0) is 37.1 Å². The molecule has 0 radical (unpaired) electrons. The van der Waals surface area contributed by atoms with Crippen molar-refractivity contribution in [2.24, 2.45) is 0 Å². The minimum Gasteiger partial charge on any atom is -0.478 e. The Morgan fingerprint density at radius 3 is 2.54 bits per heavy atom. The molecule has 0 amide bonds. The van der Waals surface area contributed by atoms with Crippen molar-refractivity contribution in [3.05, 3.63) is 34.4 Å². The van der Waals surface area contributed by atoms with Crippen molar-refractivity contribution in [3.63, 3.8) is 0 Å². The van der Waals surface area contributed by atoms with Gasteiger partial charge in [-0.1, -0.05) is 0 Å². The zero-order valence-electron chi connectivity index (χ0n) is 7.46. The molecule has 0 spiro atoms. The number of hydrogen-bond donors (Lipinski definition) is 1. The second kappa shape index (κ2) is 3.28. The fourth-order valence-electron chi connectivity index (χ4n) is 1.15. The molecular weight excluding hydrogens is 166 g/mol. The van der Waals surface area contributed by atoms with Crippen LogP contribution in [0.1, 0.15) is 27.0 Å². The smallest absolute Gasteiger partial charge is 0.336 e. The highest BCUT2D eigenvalue weighted by atomic mass is 16.4. The van der Waals surface area contributed by atoms with Gasteiger partial charge in [-0.25, -0.2) is 4.79 Å². The summed E-state index contributed by atoms with van der Waals surface area (Å²) in [4.78, 5) is 10.7. The first kappa shape index (κ1) is 9.27. The van der Waals surface area contributed by atoms with Crippen LogP contribution >= 0.6 is 0 Å². The third-order valence-corrected chi connectivity index (χ3v) is 2.03. The lowest BCUT2D eigenvalue weighted by Gasteiger charge is -2.04. The summed E-state index contributed by atoms with van der Waals surface area (Å²) in [5, 5.41) is 17.4. The summed E-state index contributed by atoms with van der Waals surface area (Å²) in [6.45, 7) is 3.53. The molecule has 0 aromatic heterocycles. The van der Waals surface area contributed by atoms with Crippen LogP contribution in [-0.4, -0.2) is 11.1 Å². The van der Waals surface area contributed by atoms with E-state index in [1.54, 1.807) is 19.9 Å². The highest BCUT2D eigenvalue weighted by Crippen LogP contribution is 2.15. The Labute approximate surface area is 76.2 Å². The van der Waals surface area contributed by atoms with E-state index in [4.69, 9.17) is 10.4 Å². The van der Waals surface area contributed by atoms with Gasteiger partial charge in [0.05, 0.1) is 17.2 Å². The first-order chi connectivity index (χ1) is 6.06. The van der Waals surface area contributed by atoms with Crippen LogP contribution in [0.3, 0.4) is 0 Å². The van der Waals surface area contributed by atoms with E-state index in [2.05, 4.69) is 0 Å². The second-order valence-electron chi connectivity index (χ2n) is 2.88. The molecule has 0 aliphatic rings. The van der Waals surface area contributed by atoms with Crippen LogP contribution in [0.5, 0.6) is 0 Å². The monoisotopic (exact) mass is 175 g/mol. The summed E-state index contributed by atoms with van der Waals surface area (Å²) in [5.74, 6) is -0.988. The van der Waals surface area contributed by atoms with Gasteiger partial charge in [-0.2, -0.15) is 5.26 Å². The summed E-state index contributed by atoms with van der Waals surface area (Å²) in [5.41, 5.74) is 2.14. The predicted molar refractivity (Wildman–Crippen MR) is 47.6 cm³/mol. The summed E-state index contributed by atoms with van der Waals surface area (Å²) in [6.07, 6.45) is 0. The average Bonchev–Trinajstić information content (AvgIpc) is 2.09. The topological polar surface area (TPSA) is 61.1 Å². The van der Waals surface area contributed by atoms with Crippen molar-refractivity contribution in [1.29, 1.82) is 5.26 Å². The van der Waals surface area contributed by atoms with Gasteiger partial charge in [0, 0.05) is 0 Å². The number of nitrogens with zero attached hydrogens (tertiary/aromatic N) is 1. The molecule has 0 heterocycles. The number of aryl methyl sites for hydroxylation is 1. The standard InChI is InChI=1S/C10H9NO2/c1-6-3-8(5-11)4-9(7(6)2)10(12)13/h3-4H,1-2H3,(H,12,13). The van der Waals surface area contributed by atoms with Crippen LogP contribution in [0.4, 0.5) is 0 Å². The van der Waals surface area contributed by atoms with Crippen molar-refractivity contribution < 1.29 is 9.90 Å². The van der Waals surface area contributed by atoms with E-state index in [0.29, 0.717) is 11.1 Å². The van der Waals surface area contributed by atoms with Gasteiger partial charge in [0.1, 0.15) is 0 Å². The lowest BCUT2D eigenvalue weighted by molar-refractivity contribution is 0.0696. The third-order valence-electron chi connectivity index (χ3n) is 2.03. The zero-order chi connectivity index (χ0) is 10.0. The molecule has 0 saturated heterocycles. The van der Waals surface area contributed by atoms with Crippen molar-refractivity contribution in [2.75, 3.05) is 0 Å². The van der Waals surface area contributed by atoms with Gasteiger partial charge >= 0.3 is 5.97 Å². The third kappa shape index (κ3) is 1.67. The molecule has 1 rings (SSSR count). The Bertz CT molecular complexity index is 402. The van der Waals surface area contributed by atoms with Crippen molar-refractivity contribution in [2.45, 2.75) is 13.8 Å². The number of nitriles is 1. The van der Waals surface area contributed by atoms with Crippen LogP contribution in [-0.2, 0) is 0 Å². The molecule has 0 bridgehead atoms. The van der Waals surface area contributed by atoms with Crippen molar-refractivity contribution >= 4 is 5.97 Å². The number of carbonyl (C=O) groups is 1. The lowest BCUT2D eigenvalue weighted by atomic mass is 10.0. The van der Waals surface area contributed by atoms with Crippen LogP contribution in [0.2, 0.25) is 0 Å². The number of aromatic carboxylic acids is 1. The molecule has 0 aliphatic heterocycles. The second-order valence-corrected chi connectivity index (χ2v) is 2.88. The number of hydrogen-bond acceptors (Lipinski definition) is 2. The van der Waals surface area contributed by atoms with Gasteiger partial charge < -0.3 is 5.11 Å². The lowest BCUT2D eigenvalue weighted by Crippen LogP contribution is -2.02. The molecular formula is C10H9NO2. The summed E-state index contributed by atoms with van der Waals surface area (Å²) in [6, 6.07) is 5.00. The fourth-order valence-corrected chi connectivity index (χ4v) is 1.15. The molecule has 3 nitrogen and oxygen atoms in total. The molecule has 0 aliphatic carbocycles. The van der Waals surface area contributed by atoms with Gasteiger partial charge in [0.15, 0.2) is 0 Å². The average molecular weight is 175 g/mol. The Balaban J connectivity index is 3.44. The van der Waals surface area contributed by atoms with E-state index in [0.717, 1.165) is 5.56 Å². The molecule has 0 saturated carbocycles. The van der Waals surface area contributed by atoms with Gasteiger partial charge in [0.25, 0.3) is 0 Å². The maximum absolute atomic E-state index is 10.7. The first-order valence-electron chi connectivity index (χ1n) is 3.81. The molecule has 0 atom stereocenters. The van der Waals surface area contributed by atoms with Crippen LogP contribution in [0, 0.1) is 25.2 Å². The zero-order valence-corrected chi connectivity index (χ0v) is 7.46. The SMILES string of the molecule is Cc1cc(C#N)cc(C(=O)O)c1C. The van der Waals surface area contributed by atoms with Crippen molar-refractivity contribution in [1.82, 2.24) is 0 Å². The van der Waals surface area contributed by atoms with Gasteiger partial charge in [0.2, 0.25) is 0 Å². The summed E-state index contributed by atoms with van der Waals surface area (Å²) in [7, 11) is 0. The van der Waals surface area contributed by atoms with Crippen LogP contribution in [0.15, 0.2) is 12.1 Å². The molecule has 66 valence electrons. The highest BCUT2D eigenvalue weighted by Gasteiger charge is 2.10. The Kier molecular flexibility index (Phi) is 2.34. The molecule has 13 heavy (non-hydrogen) atoms. The van der Waals surface area contributed by atoms with E-state index >= 15 is 0 Å². The maximum atomic E-state index is 10.7. The van der Waals surface area contributed by atoms with Gasteiger partial charge in [-0.3, -0.25) is 0 Å². The van der Waals surface area contributed by atoms with Crippen LogP contribution < -0.4 is 0 Å².